The van der Waals surface area contributed by atoms with Crippen LogP contribution in [0.1, 0.15) is 33.4 Å². The molecule has 2 heterocycles. The van der Waals surface area contributed by atoms with Gasteiger partial charge in [-0.25, -0.2) is 9.97 Å². The molecule has 7 heteroatoms. The average Bonchev–Trinajstić information content (AvgIpc) is 3.31. The van der Waals surface area contributed by atoms with Gasteiger partial charge in [-0.1, -0.05) is 97.1 Å². The number of hydrogen-bond acceptors (Lipinski definition) is 7. The minimum Gasteiger partial charge on any atom is -0.497 e. The molecule has 0 aliphatic carbocycles. The molecule has 0 aliphatic rings. The van der Waals surface area contributed by atoms with E-state index in [9.17, 15) is 0 Å². The van der Waals surface area contributed by atoms with Crippen LogP contribution in [0.3, 0.4) is 0 Å². The van der Waals surface area contributed by atoms with Gasteiger partial charge in [0.2, 0.25) is 0 Å². The van der Waals surface area contributed by atoms with Gasteiger partial charge in [0.25, 0.3) is 0 Å². The Balaban J connectivity index is 1.09. The van der Waals surface area contributed by atoms with Gasteiger partial charge in [0, 0.05) is 51.2 Å². The van der Waals surface area contributed by atoms with Gasteiger partial charge in [-0.3, -0.25) is 0 Å². The Kier molecular flexibility index (Phi) is 12.7. The van der Waals surface area contributed by atoms with Gasteiger partial charge in [-0.05, 0) is 118 Å². The summed E-state index contributed by atoms with van der Waals surface area (Å²) in [5.41, 5.74) is 10.8. The molecule has 304 valence electrons. The predicted octanol–water partition coefficient (Wildman–Crippen LogP) is 12.1. The zero-order valence-corrected chi connectivity index (χ0v) is 35.2. The van der Waals surface area contributed by atoms with Crippen molar-refractivity contribution in [2.75, 3.05) is 38.1 Å². The Labute approximate surface area is 359 Å². The fourth-order valence-corrected chi connectivity index (χ4v) is 7.47. The third kappa shape index (κ3) is 10.3. The summed E-state index contributed by atoms with van der Waals surface area (Å²) in [6.45, 7) is 1.44. The molecule has 61 heavy (non-hydrogen) atoms. The third-order valence-electron chi connectivity index (χ3n) is 10.8. The minimum absolute atomic E-state index is 0.702. The zero-order chi connectivity index (χ0) is 42.0. The highest BCUT2D eigenvalue weighted by Crippen LogP contribution is 2.36. The molecule has 0 bridgehead atoms. The van der Waals surface area contributed by atoms with E-state index in [2.05, 4.69) is 182 Å². The summed E-state index contributed by atoms with van der Waals surface area (Å²) < 4.78 is 17.7. The second-order valence-electron chi connectivity index (χ2n) is 15.2. The van der Waals surface area contributed by atoms with E-state index in [1.54, 1.807) is 14.2 Å². The van der Waals surface area contributed by atoms with E-state index in [0.29, 0.717) is 12.8 Å². The summed E-state index contributed by atoms with van der Waals surface area (Å²) >= 11 is 0. The molecule has 0 atom stereocenters. The van der Waals surface area contributed by atoms with Crippen LogP contribution >= 0.6 is 0 Å². The number of hydrogen-bond donors (Lipinski definition) is 0. The van der Waals surface area contributed by atoms with Crippen molar-refractivity contribution in [2.45, 2.75) is 25.9 Å². The van der Waals surface area contributed by atoms with Crippen molar-refractivity contribution in [1.29, 1.82) is 0 Å². The highest BCUT2D eigenvalue weighted by molar-refractivity contribution is 5.67. The van der Waals surface area contributed by atoms with E-state index in [-0.39, 0.29) is 0 Å². The number of nitrogens with zero attached hydrogens (tertiary/aromatic N) is 4. The summed E-state index contributed by atoms with van der Waals surface area (Å²) in [5.74, 6) is 5.10. The first kappa shape index (κ1) is 40.4. The smallest absolute Gasteiger partial charge is 0.131 e. The van der Waals surface area contributed by atoms with E-state index >= 15 is 0 Å². The lowest BCUT2D eigenvalue weighted by molar-refractivity contribution is 0.414. The maximum Gasteiger partial charge on any atom is 0.131 e. The topological polar surface area (TPSA) is 60.0 Å². The number of anilines is 2. The average molecular weight is 803 g/mol. The number of pyridine rings is 2. The van der Waals surface area contributed by atoms with Crippen molar-refractivity contribution in [2.24, 2.45) is 0 Å². The molecule has 0 fully saturated rings. The Morgan fingerprint density at radius 2 is 0.820 bits per heavy atom. The van der Waals surface area contributed by atoms with E-state index in [1.165, 1.54) is 22.3 Å². The lowest BCUT2D eigenvalue weighted by atomic mass is 9.99. The Morgan fingerprint density at radius 3 is 1.21 bits per heavy atom. The van der Waals surface area contributed by atoms with E-state index in [4.69, 9.17) is 24.2 Å². The fourth-order valence-electron chi connectivity index (χ4n) is 7.47. The molecular formula is C54H50N4O3. The Hall–Kier alpha value is -7.38. The molecule has 0 radical (unpaired) electrons. The largest absolute Gasteiger partial charge is 0.497 e. The van der Waals surface area contributed by atoms with E-state index in [1.807, 2.05) is 24.3 Å². The first-order chi connectivity index (χ1) is 29.9. The van der Waals surface area contributed by atoms with Crippen LogP contribution in [-0.4, -0.2) is 38.3 Å². The van der Waals surface area contributed by atoms with Crippen LogP contribution in [0.5, 0.6) is 23.0 Å². The third-order valence-corrected chi connectivity index (χ3v) is 10.8. The summed E-state index contributed by atoms with van der Waals surface area (Å²) in [4.78, 5) is 14.6. The molecule has 0 saturated carbocycles. The summed E-state index contributed by atoms with van der Waals surface area (Å²) in [5, 5.41) is 0. The van der Waals surface area contributed by atoms with Crippen molar-refractivity contribution >= 4 is 11.6 Å². The van der Waals surface area contributed by atoms with Crippen LogP contribution in [0, 0.1) is 0 Å². The van der Waals surface area contributed by atoms with Gasteiger partial charge >= 0.3 is 0 Å². The highest BCUT2D eigenvalue weighted by atomic mass is 16.5. The van der Waals surface area contributed by atoms with Crippen LogP contribution < -0.4 is 24.0 Å². The van der Waals surface area contributed by atoms with Gasteiger partial charge < -0.3 is 24.0 Å². The van der Waals surface area contributed by atoms with Crippen LogP contribution in [0.15, 0.2) is 182 Å². The van der Waals surface area contributed by atoms with Gasteiger partial charge in [0.05, 0.1) is 25.6 Å². The minimum atomic E-state index is 0.702. The molecule has 8 rings (SSSR count). The van der Waals surface area contributed by atoms with Gasteiger partial charge in [-0.15, -0.1) is 0 Å². The number of benzene rings is 6. The Morgan fingerprint density at radius 1 is 0.410 bits per heavy atom. The number of methoxy groups -OCH3 is 2. The van der Waals surface area contributed by atoms with Crippen LogP contribution in [0.4, 0.5) is 11.6 Å². The summed E-state index contributed by atoms with van der Waals surface area (Å²) in [7, 11) is 7.51. The Bertz CT molecular complexity index is 2480. The lowest BCUT2D eigenvalue weighted by Crippen LogP contribution is -2.17. The normalized spacial score (nSPS) is 10.9. The molecule has 0 aliphatic heterocycles. The molecule has 0 N–H and O–H groups in total. The number of ether oxygens (including phenoxy) is 3. The maximum absolute atomic E-state index is 6.98. The first-order valence-electron chi connectivity index (χ1n) is 20.6. The molecule has 0 unspecified atom stereocenters. The van der Waals surface area contributed by atoms with Gasteiger partial charge in [0.15, 0.2) is 0 Å². The number of rotatable bonds is 16. The maximum atomic E-state index is 6.98. The van der Waals surface area contributed by atoms with Gasteiger partial charge in [-0.2, -0.15) is 0 Å². The van der Waals surface area contributed by atoms with Crippen molar-refractivity contribution in [3.05, 3.63) is 215 Å². The monoisotopic (exact) mass is 802 g/mol. The first-order valence-corrected chi connectivity index (χ1v) is 20.6. The summed E-state index contributed by atoms with van der Waals surface area (Å²) in [6, 6.07) is 62.7. The second-order valence-corrected chi connectivity index (χ2v) is 15.2. The SMILES string of the molecule is COc1ccc(CN(C)c2cccc(-c3ccc(Oc4ccc(-c5cccc(N(C)Cc6ccc(OC)cc6)n5)cc4Cc4ccccc4)c(Cc4ccccc4)c3)n2)cc1. The van der Waals surface area contributed by atoms with Crippen molar-refractivity contribution in [1.82, 2.24) is 9.97 Å². The zero-order valence-electron chi connectivity index (χ0n) is 35.2. The van der Waals surface area contributed by atoms with Crippen molar-refractivity contribution in [3.8, 4) is 45.5 Å². The van der Waals surface area contributed by atoms with E-state index < -0.39 is 0 Å². The molecule has 0 saturated heterocycles. The van der Waals surface area contributed by atoms with Crippen LogP contribution in [-0.2, 0) is 25.9 Å². The van der Waals surface area contributed by atoms with E-state index in [0.717, 1.165) is 81.4 Å². The van der Waals surface area contributed by atoms with Crippen molar-refractivity contribution < 1.29 is 14.2 Å². The molecule has 8 aromatic rings. The summed E-state index contributed by atoms with van der Waals surface area (Å²) in [6.07, 6.45) is 1.40. The number of aromatic nitrogens is 2. The van der Waals surface area contributed by atoms with Gasteiger partial charge in [0.1, 0.15) is 34.6 Å². The van der Waals surface area contributed by atoms with Crippen molar-refractivity contribution in [3.63, 3.8) is 0 Å². The quantitative estimate of drug-likeness (QED) is 0.0964. The predicted molar refractivity (Wildman–Crippen MR) is 248 cm³/mol. The molecule has 0 spiro atoms. The van der Waals surface area contributed by atoms with Crippen LogP contribution in [0.25, 0.3) is 22.5 Å². The lowest BCUT2D eigenvalue weighted by Gasteiger charge is -2.20. The molecule has 0 amide bonds. The fraction of sp³-hybridized carbons (Fsp3) is 0.148. The second kappa shape index (κ2) is 19.1. The standard InChI is InChI=1S/C54H50N4O3/c1-57(37-41-21-27-47(59-3)28-22-41)53-19-11-17-49(55-53)43-25-31-51(45(35-43)33-39-13-7-5-8-14-39)61-52-32-26-44(36-46(52)34-40-15-9-6-10-16-40)50-18-12-20-54(56-50)58(2)38-42-23-29-48(60-4)30-24-42/h5-32,35-36H,33-34,37-38H2,1-4H3. The highest BCUT2D eigenvalue weighted by Gasteiger charge is 2.16. The molecule has 2 aromatic heterocycles. The molecule has 6 aromatic carbocycles. The molecular weight excluding hydrogens is 753 g/mol. The van der Waals surface area contributed by atoms with Crippen LogP contribution in [0.2, 0.25) is 0 Å². The molecule has 7 nitrogen and oxygen atoms in total.